The highest BCUT2D eigenvalue weighted by molar-refractivity contribution is 6.04. The Morgan fingerprint density at radius 3 is 2.48 bits per heavy atom. The van der Waals surface area contributed by atoms with Crippen molar-refractivity contribution in [3.8, 4) is 0 Å². The Hall–Kier alpha value is -2.83. The predicted octanol–water partition coefficient (Wildman–Crippen LogP) is 3.86. The Bertz CT molecular complexity index is 783. The monoisotopic (exact) mass is 345 g/mol. The number of nitrogens with zero attached hydrogens (tertiary/aromatic N) is 1. The van der Waals surface area contributed by atoms with Crippen LogP contribution in [0, 0.1) is 0 Å². The predicted molar refractivity (Wildman–Crippen MR) is 96.9 cm³/mol. The van der Waals surface area contributed by atoms with E-state index in [0.717, 1.165) is 10.8 Å². The summed E-state index contributed by atoms with van der Waals surface area (Å²) in [5.41, 5.74) is -0.0672. The van der Waals surface area contributed by atoms with Gasteiger partial charge >= 0.3 is 12.1 Å². The highest BCUT2D eigenvalue weighted by Crippen LogP contribution is 2.28. The second-order valence-corrected chi connectivity index (χ2v) is 6.84. The third-order valence-electron chi connectivity index (χ3n) is 3.29. The minimum absolute atomic E-state index is 0.0199. The summed E-state index contributed by atoms with van der Waals surface area (Å²) >= 11 is 0. The van der Waals surface area contributed by atoms with Crippen molar-refractivity contribution in [2.45, 2.75) is 45.8 Å². The summed E-state index contributed by atoms with van der Waals surface area (Å²) in [6.45, 7) is 7.15. The summed E-state index contributed by atoms with van der Waals surface area (Å²) in [5, 5.41) is 16.3. The Morgan fingerprint density at radius 1 is 1.24 bits per heavy atom. The largest absolute Gasteiger partial charge is 0.481 e. The molecule has 0 aliphatic heterocycles. The zero-order valence-electron chi connectivity index (χ0n) is 14.8. The van der Waals surface area contributed by atoms with Crippen molar-refractivity contribution in [1.29, 1.82) is 0 Å². The molecule has 0 fully saturated rings. The van der Waals surface area contributed by atoms with Gasteiger partial charge in [-0.05, 0) is 27.7 Å². The molecular formula is C18H23N3O4. The molecule has 0 saturated heterocycles. The van der Waals surface area contributed by atoms with Crippen molar-refractivity contribution in [3.63, 3.8) is 0 Å². The molecule has 7 heteroatoms. The second-order valence-electron chi connectivity index (χ2n) is 6.84. The van der Waals surface area contributed by atoms with Gasteiger partial charge in [0.05, 0.1) is 18.3 Å². The molecular weight excluding hydrogens is 322 g/mol. The molecule has 0 saturated carbocycles. The number of rotatable bonds is 5. The van der Waals surface area contributed by atoms with Gasteiger partial charge in [0.2, 0.25) is 0 Å². The van der Waals surface area contributed by atoms with Crippen LogP contribution < -0.4 is 10.6 Å². The molecule has 7 nitrogen and oxygen atoms in total. The number of amides is 1. The molecule has 0 aliphatic rings. The molecule has 0 unspecified atom stereocenters. The molecule has 1 aromatic heterocycles. The van der Waals surface area contributed by atoms with E-state index in [1.165, 1.54) is 6.20 Å². The van der Waals surface area contributed by atoms with Crippen LogP contribution in [0.5, 0.6) is 0 Å². The Kier molecular flexibility index (Phi) is 5.46. The highest BCUT2D eigenvalue weighted by atomic mass is 16.6. The number of aliphatic carboxylic acids is 1. The summed E-state index contributed by atoms with van der Waals surface area (Å²) in [6.07, 6.45) is 0.954. The molecule has 1 aromatic carbocycles. The first-order valence-corrected chi connectivity index (χ1v) is 8.02. The smallest absolute Gasteiger partial charge is 0.412 e. The molecule has 0 radical (unpaired) electrons. The maximum atomic E-state index is 12.0. The van der Waals surface area contributed by atoms with Crippen molar-refractivity contribution < 1.29 is 19.4 Å². The van der Waals surface area contributed by atoms with Gasteiger partial charge in [-0.25, -0.2) is 9.78 Å². The van der Waals surface area contributed by atoms with Crippen LogP contribution in [0.3, 0.4) is 0 Å². The van der Waals surface area contributed by atoms with Gasteiger partial charge in [-0.2, -0.15) is 0 Å². The van der Waals surface area contributed by atoms with Crippen molar-refractivity contribution >= 4 is 34.3 Å². The van der Waals surface area contributed by atoms with Gasteiger partial charge in [-0.3, -0.25) is 10.1 Å². The fourth-order valence-electron chi connectivity index (χ4n) is 2.37. The van der Waals surface area contributed by atoms with E-state index in [1.54, 1.807) is 27.7 Å². The summed E-state index contributed by atoms with van der Waals surface area (Å²) in [4.78, 5) is 27.2. The number of aromatic nitrogens is 1. The fourth-order valence-corrected chi connectivity index (χ4v) is 2.37. The molecule has 0 spiro atoms. The van der Waals surface area contributed by atoms with Gasteiger partial charge in [-0.1, -0.05) is 24.3 Å². The number of carboxylic acids is 1. The lowest BCUT2D eigenvalue weighted by Gasteiger charge is -2.20. The number of nitrogens with one attached hydrogen (secondary N) is 2. The minimum Gasteiger partial charge on any atom is -0.481 e. The van der Waals surface area contributed by atoms with E-state index in [1.807, 2.05) is 24.3 Å². The number of pyridine rings is 1. The van der Waals surface area contributed by atoms with E-state index in [4.69, 9.17) is 9.84 Å². The van der Waals surface area contributed by atoms with Crippen molar-refractivity contribution in [3.05, 3.63) is 30.5 Å². The van der Waals surface area contributed by atoms with E-state index in [2.05, 4.69) is 15.6 Å². The van der Waals surface area contributed by atoms with Gasteiger partial charge in [0.25, 0.3) is 0 Å². The number of ether oxygens (including phenoxy) is 1. The summed E-state index contributed by atoms with van der Waals surface area (Å²) < 4.78 is 5.27. The molecule has 1 atom stereocenters. The van der Waals surface area contributed by atoms with E-state index in [9.17, 15) is 9.59 Å². The van der Waals surface area contributed by atoms with Crippen LogP contribution >= 0.6 is 0 Å². The zero-order chi connectivity index (χ0) is 18.6. The van der Waals surface area contributed by atoms with Crippen LogP contribution in [0.4, 0.5) is 16.3 Å². The summed E-state index contributed by atoms with van der Waals surface area (Å²) in [5.74, 6) is -0.313. The second kappa shape index (κ2) is 7.38. The van der Waals surface area contributed by atoms with Gasteiger partial charge in [0.1, 0.15) is 11.4 Å². The standard InChI is InChI=1S/C18H23N3O4/c1-11(9-15(22)23)20-16-13-8-6-5-7-12(13)14(10-19-16)21-17(24)25-18(2,3)4/h5-8,10-11H,9H2,1-4H3,(H,19,20)(H,21,24)(H,22,23)/t11-/m0/s1. The summed E-state index contributed by atoms with van der Waals surface area (Å²) in [6, 6.07) is 7.15. The van der Waals surface area contributed by atoms with E-state index in [-0.39, 0.29) is 12.5 Å². The molecule has 2 rings (SSSR count). The SMILES string of the molecule is C[C@@H](CC(=O)O)Nc1ncc(NC(=O)OC(C)(C)C)c2ccccc12. The maximum Gasteiger partial charge on any atom is 0.412 e. The number of hydrogen-bond acceptors (Lipinski definition) is 5. The first kappa shape index (κ1) is 18.5. The van der Waals surface area contributed by atoms with Crippen LogP contribution in [0.15, 0.2) is 30.5 Å². The van der Waals surface area contributed by atoms with E-state index < -0.39 is 17.7 Å². The van der Waals surface area contributed by atoms with Crippen LogP contribution in [0.1, 0.15) is 34.1 Å². The number of carbonyl (C=O) groups is 2. The Labute approximate surface area is 146 Å². The van der Waals surface area contributed by atoms with Crippen LogP contribution in [0.25, 0.3) is 10.8 Å². The quantitative estimate of drug-likeness (QED) is 0.761. The minimum atomic E-state index is -0.882. The number of carbonyl (C=O) groups excluding carboxylic acids is 1. The topological polar surface area (TPSA) is 101 Å². The molecule has 0 bridgehead atoms. The van der Waals surface area contributed by atoms with Crippen molar-refractivity contribution in [2.75, 3.05) is 10.6 Å². The lowest BCUT2D eigenvalue weighted by atomic mass is 10.1. The first-order chi connectivity index (χ1) is 11.7. The Balaban J connectivity index is 2.28. The average Bonchev–Trinajstić information content (AvgIpc) is 2.47. The van der Waals surface area contributed by atoms with Crippen LogP contribution in [-0.4, -0.2) is 33.8 Å². The highest BCUT2D eigenvalue weighted by Gasteiger charge is 2.18. The molecule has 1 amide bonds. The van der Waals surface area contributed by atoms with Gasteiger partial charge in [0, 0.05) is 16.8 Å². The molecule has 2 aromatic rings. The summed E-state index contributed by atoms with van der Waals surface area (Å²) in [7, 11) is 0. The molecule has 134 valence electrons. The molecule has 3 N–H and O–H groups in total. The van der Waals surface area contributed by atoms with Crippen molar-refractivity contribution in [2.24, 2.45) is 0 Å². The van der Waals surface area contributed by atoms with Crippen LogP contribution in [0.2, 0.25) is 0 Å². The number of hydrogen-bond donors (Lipinski definition) is 3. The lowest BCUT2D eigenvalue weighted by molar-refractivity contribution is -0.137. The number of fused-ring (bicyclic) bond motifs is 1. The van der Waals surface area contributed by atoms with E-state index in [0.29, 0.717) is 11.5 Å². The fraction of sp³-hybridized carbons (Fsp3) is 0.389. The maximum absolute atomic E-state index is 12.0. The van der Waals surface area contributed by atoms with Crippen molar-refractivity contribution in [1.82, 2.24) is 4.98 Å². The molecule has 25 heavy (non-hydrogen) atoms. The normalized spacial score (nSPS) is 12.5. The Morgan fingerprint density at radius 2 is 1.88 bits per heavy atom. The first-order valence-electron chi connectivity index (χ1n) is 8.02. The molecule has 0 aliphatic carbocycles. The molecule has 1 heterocycles. The number of benzene rings is 1. The third kappa shape index (κ3) is 5.34. The van der Waals surface area contributed by atoms with Gasteiger partial charge < -0.3 is 15.2 Å². The van der Waals surface area contributed by atoms with Crippen LogP contribution in [-0.2, 0) is 9.53 Å². The lowest BCUT2D eigenvalue weighted by Crippen LogP contribution is -2.27. The van der Waals surface area contributed by atoms with Gasteiger partial charge in [0.15, 0.2) is 0 Å². The number of carboxylic acid groups (broad SMARTS) is 1. The third-order valence-corrected chi connectivity index (χ3v) is 3.29. The zero-order valence-corrected chi connectivity index (χ0v) is 14.8. The van der Waals surface area contributed by atoms with E-state index >= 15 is 0 Å². The average molecular weight is 345 g/mol. The number of anilines is 2. The van der Waals surface area contributed by atoms with Gasteiger partial charge in [-0.15, -0.1) is 0 Å².